The van der Waals surface area contributed by atoms with Gasteiger partial charge >= 0.3 is 0 Å². The van der Waals surface area contributed by atoms with E-state index in [1.54, 1.807) is 19.2 Å². The number of nitrogens with one attached hydrogen (secondary N) is 1. The van der Waals surface area contributed by atoms with Crippen molar-refractivity contribution in [3.8, 4) is 0 Å². The van der Waals surface area contributed by atoms with Crippen molar-refractivity contribution in [2.45, 2.75) is 25.9 Å². The van der Waals surface area contributed by atoms with E-state index in [0.717, 1.165) is 5.82 Å². The molecule has 0 fully saturated rings. The fourth-order valence-electron chi connectivity index (χ4n) is 1.40. The average Bonchev–Trinajstić information content (AvgIpc) is 2.27. The zero-order valence-corrected chi connectivity index (χ0v) is 10.5. The lowest BCUT2D eigenvalue weighted by atomic mass is 10.2. The maximum atomic E-state index is 11.6. The predicted octanol–water partition coefficient (Wildman–Crippen LogP) is 1.25. The van der Waals surface area contributed by atoms with Crippen LogP contribution in [-0.2, 0) is 4.79 Å². The van der Waals surface area contributed by atoms with Crippen LogP contribution in [0, 0.1) is 0 Å². The van der Waals surface area contributed by atoms with Crippen LogP contribution in [0.2, 0.25) is 0 Å². The number of aromatic nitrogens is 1. The van der Waals surface area contributed by atoms with E-state index in [0.29, 0.717) is 18.5 Å². The van der Waals surface area contributed by atoms with Crippen molar-refractivity contribution >= 4 is 17.4 Å². The Hall–Kier alpha value is -1.62. The van der Waals surface area contributed by atoms with E-state index < -0.39 is 6.10 Å². The van der Waals surface area contributed by atoms with Crippen LogP contribution in [0.4, 0.5) is 11.5 Å². The third kappa shape index (κ3) is 4.40. The zero-order valence-electron chi connectivity index (χ0n) is 10.5. The number of hydrogen-bond acceptors (Lipinski definition) is 4. The summed E-state index contributed by atoms with van der Waals surface area (Å²) in [4.78, 5) is 17.6. The van der Waals surface area contributed by atoms with Gasteiger partial charge in [-0.15, -0.1) is 0 Å². The Bertz CT molecular complexity index is 378. The second-order valence-corrected chi connectivity index (χ2v) is 4.20. The number of amides is 1. The molecule has 0 aliphatic carbocycles. The minimum Gasteiger partial charge on any atom is -0.393 e. The van der Waals surface area contributed by atoms with Crippen LogP contribution < -0.4 is 10.2 Å². The summed E-state index contributed by atoms with van der Waals surface area (Å²) in [7, 11) is 3.74. The topological polar surface area (TPSA) is 65.5 Å². The number of aliphatic hydroxyl groups is 1. The van der Waals surface area contributed by atoms with Gasteiger partial charge in [-0.05, 0) is 25.5 Å². The summed E-state index contributed by atoms with van der Waals surface area (Å²) >= 11 is 0. The molecule has 1 amide bonds. The van der Waals surface area contributed by atoms with Crippen molar-refractivity contribution in [2.24, 2.45) is 0 Å². The van der Waals surface area contributed by atoms with Crippen molar-refractivity contribution in [2.75, 3.05) is 24.3 Å². The summed E-state index contributed by atoms with van der Waals surface area (Å²) in [5, 5.41) is 11.9. The van der Waals surface area contributed by atoms with Crippen molar-refractivity contribution in [3.63, 3.8) is 0 Å². The number of anilines is 2. The Morgan fingerprint density at radius 2 is 2.29 bits per heavy atom. The minimum atomic E-state index is -0.456. The molecule has 0 aliphatic heterocycles. The van der Waals surface area contributed by atoms with E-state index in [1.165, 1.54) is 0 Å². The number of pyridine rings is 1. The quantitative estimate of drug-likeness (QED) is 0.809. The first kappa shape index (κ1) is 13.4. The molecule has 1 rings (SSSR count). The summed E-state index contributed by atoms with van der Waals surface area (Å²) in [6.45, 7) is 1.67. The third-order valence-electron chi connectivity index (χ3n) is 2.27. The monoisotopic (exact) mass is 237 g/mol. The molecular weight excluding hydrogens is 218 g/mol. The van der Waals surface area contributed by atoms with Gasteiger partial charge in [0.15, 0.2) is 5.82 Å². The molecule has 1 unspecified atom stereocenters. The maximum absolute atomic E-state index is 11.6. The largest absolute Gasteiger partial charge is 0.393 e. The maximum Gasteiger partial charge on any atom is 0.224 e. The molecule has 1 heterocycles. The van der Waals surface area contributed by atoms with E-state index in [9.17, 15) is 4.79 Å². The Balaban J connectivity index is 2.65. The summed E-state index contributed by atoms with van der Waals surface area (Å²) in [5.41, 5.74) is 0.688. The van der Waals surface area contributed by atoms with Gasteiger partial charge in [0.25, 0.3) is 0 Å². The second kappa shape index (κ2) is 6.20. The SMILES string of the molecule is CC(O)CCC(=O)Nc1cccnc1N(C)C. The van der Waals surface area contributed by atoms with E-state index >= 15 is 0 Å². The van der Waals surface area contributed by atoms with Gasteiger partial charge in [0, 0.05) is 26.7 Å². The molecule has 0 radical (unpaired) electrons. The molecule has 17 heavy (non-hydrogen) atoms. The molecule has 1 aromatic rings. The molecule has 0 saturated heterocycles. The highest BCUT2D eigenvalue weighted by molar-refractivity contribution is 5.93. The first-order valence-corrected chi connectivity index (χ1v) is 5.61. The van der Waals surface area contributed by atoms with Gasteiger partial charge in [-0.1, -0.05) is 0 Å². The minimum absolute atomic E-state index is 0.109. The fraction of sp³-hybridized carbons (Fsp3) is 0.500. The zero-order chi connectivity index (χ0) is 12.8. The molecule has 5 heteroatoms. The second-order valence-electron chi connectivity index (χ2n) is 4.20. The summed E-state index contributed by atoms with van der Waals surface area (Å²) in [5.74, 6) is 0.611. The van der Waals surface area contributed by atoms with Gasteiger partial charge < -0.3 is 15.3 Å². The number of carbonyl (C=O) groups excluding carboxylic acids is 1. The van der Waals surface area contributed by atoms with Gasteiger partial charge in [0.05, 0.1) is 11.8 Å². The van der Waals surface area contributed by atoms with Crippen molar-refractivity contribution < 1.29 is 9.90 Å². The molecular formula is C12H19N3O2. The standard InChI is InChI=1S/C12H19N3O2/c1-9(16)6-7-11(17)14-10-5-4-8-13-12(10)15(2)3/h4-5,8-9,16H,6-7H2,1-3H3,(H,14,17). The highest BCUT2D eigenvalue weighted by atomic mass is 16.3. The summed E-state index contributed by atoms with van der Waals surface area (Å²) < 4.78 is 0. The van der Waals surface area contributed by atoms with Gasteiger partial charge in [0.2, 0.25) is 5.91 Å². The van der Waals surface area contributed by atoms with Crippen LogP contribution >= 0.6 is 0 Å². The Morgan fingerprint density at radius 1 is 1.59 bits per heavy atom. The molecule has 0 spiro atoms. The smallest absolute Gasteiger partial charge is 0.224 e. The fourth-order valence-corrected chi connectivity index (χ4v) is 1.40. The molecule has 2 N–H and O–H groups in total. The van der Waals surface area contributed by atoms with Crippen LogP contribution in [-0.4, -0.2) is 36.2 Å². The van der Waals surface area contributed by atoms with Crippen LogP contribution in [0.3, 0.4) is 0 Å². The number of rotatable bonds is 5. The van der Waals surface area contributed by atoms with E-state index in [1.807, 2.05) is 25.1 Å². The van der Waals surface area contributed by atoms with E-state index in [4.69, 9.17) is 5.11 Å². The highest BCUT2D eigenvalue weighted by Gasteiger charge is 2.09. The molecule has 94 valence electrons. The summed E-state index contributed by atoms with van der Waals surface area (Å²) in [6.07, 6.45) is 1.99. The molecule has 1 aromatic heterocycles. The van der Waals surface area contributed by atoms with Crippen molar-refractivity contribution in [3.05, 3.63) is 18.3 Å². The lowest BCUT2D eigenvalue weighted by molar-refractivity contribution is -0.116. The third-order valence-corrected chi connectivity index (χ3v) is 2.27. The highest BCUT2D eigenvalue weighted by Crippen LogP contribution is 2.20. The van der Waals surface area contributed by atoms with Gasteiger partial charge in [-0.25, -0.2) is 4.98 Å². The van der Waals surface area contributed by atoms with Gasteiger partial charge in [0.1, 0.15) is 0 Å². The van der Waals surface area contributed by atoms with Crippen LogP contribution in [0.15, 0.2) is 18.3 Å². The van der Waals surface area contributed by atoms with Gasteiger partial charge in [-0.3, -0.25) is 4.79 Å². The van der Waals surface area contributed by atoms with E-state index in [2.05, 4.69) is 10.3 Å². The lowest BCUT2D eigenvalue weighted by Crippen LogP contribution is -2.18. The van der Waals surface area contributed by atoms with Crippen LogP contribution in [0.25, 0.3) is 0 Å². The number of carbonyl (C=O) groups is 1. The number of aliphatic hydroxyl groups excluding tert-OH is 1. The predicted molar refractivity (Wildman–Crippen MR) is 68.1 cm³/mol. The Morgan fingerprint density at radius 3 is 2.88 bits per heavy atom. The van der Waals surface area contributed by atoms with E-state index in [-0.39, 0.29) is 5.91 Å². The van der Waals surface area contributed by atoms with Crippen LogP contribution in [0.1, 0.15) is 19.8 Å². The Labute approximate surface area is 101 Å². The molecule has 0 saturated carbocycles. The first-order chi connectivity index (χ1) is 8.00. The van der Waals surface area contributed by atoms with Crippen molar-refractivity contribution in [1.29, 1.82) is 0 Å². The first-order valence-electron chi connectivity index (χ1n) is 5.61. The molecule has 0 bridgehead atoms. The van der Waals surface area contributed by atoms with Crippen molar-refractivity contribution in [1.82, 2.24) is 4.98 Å². The number of hydrogen-bond donors (Lipinski definition) is 2. The van der Waals surface area contributed by atoms with Crippen LogP contribution in [0.5, 0.6) is 0 Å². The molecule has 5 nitrogen and oxygen atoms in total. The normalized spacial score (nSPS) is 12.0. The van der Waals surface area contributed by atoms with Gasteiger partial charge in [-0.2, -0.15) is 0 Å². The molecule has 1 atom stereocenters. The Kier molecular flexibility index (Phi) is 4.90. The lowest BCUT2D eigenvalue weighted by Gasteiger charge is -2.16. The summed E-state index contributed by atoms with van der Waals surface area (Å²) in [6, 6.07) is 3.58. The molecule has 0 aliphatic rings. The number of nitrogens with zero attached hydrogens (tertiary/aromatic N) is 2. The average molecular weight is 237 g/mol. The molecule has 0 aromatic carbocycles.